The molecule has 0 fully saturated rings. The van der Waals surface area contributed by atoms with Crippen LogP contribution in [-0.2, 0) is 0 Å². The molecule has 0 saturated heterocycles. The Morgan fingerprint density at radius 2 is 1.70 bits per heavy atom. The van der Waals surface area contributed by atoms with E-state index in [1.807, 2.05) is 0 Å². The first-order valence-electron chi connectivity index (χ1n) is 8.91. The molecule has 0 aliphatic carbocycles. The number of carbonyl (C=O) groups is 1. The van der Waals surface area contributed by atoms with Gasteiger partial charge in [-0.3, -0.25) is 9.59 Å². The lowest BCUT2D eigenvalue weighted by atomic mass is 10.1. The standard InChI is InChI=1S/C22H15F2N3O3/c1-30-19-9-5-4-8-18(19)27-22(29)15-7-3-2-6-14(15)20(26-27)21(28)25-17-11-10-13(23)12-16(17)24/h2-12H,1H3,(H,25,28). The van der Waals surface area contributed by atoms with Gasteiger partial charge in [0.2, 0.25) is 0 Å². The molecular formula is C22H15F2N3O3. The zero-order valence-electron chi connectivity index (χ0n) is 15.7. The number of aromatic nitrogens is 2. The fraction of sp³-hybridized carbons (Fsp3) is 0.0455. The zero-order chi connectivity index (χ0) is 21.3. The summed E-state index contributed by atoms with van der Waals surface area (Å²) in [5, 5.41) is 7.17. The third-order valence-corrected chi connectivity index (χ3v) is 4.51. The number of hydrogen-bond acceptors (Lipinski definition) is 4. The Labute approximate surface area is 169 Å². The smallest absolute Gasteiger partial charge is 0.279 e. The summed E-state index contributed by atoms with van der Waals surface area (Å²) < 4.78 is 33.5. The number of nitrogens with zero attached hydrogens (tertiary/aromatic N) is 2. The summed E-state index contributed by atoms with van der Waals surface area (Å²) in [5.41, 5.74) is -0.403. The molecule has 1 N–H and O–H groups in total. The van der Waals surface area contributed by atoms with Crippen LogP contribution in [0.25, 0.3) is 16.5 Å². The molecule has 3 aromatic carbocycles. The van der Waals surface area contributed by atoms with E-state index >= 15 is 0 Å². The lowest BCUT2D eigenvalue weighted by Gasteiger charge is -2.13. The Morgan fingerprint density at radius 1 is 1.00 bits per heavy atom. The van der Waals surface area contributed by atoms with Gasteiger partial charge in [-0.1, -0.05) is 30.3 Å². The number of methoxy groups -OCH3 is 1. The van der Waals surface area contributed by atoms with Crippen molar-refractivity contribution in [3.8, 4) is 11.4 Å². The highest BCUT2D eigenvalue weighted by Crippen LogP contribution is 2.23. The molecule has 0 spiro atoms. The van der Waals surface area contributed by atoms with E-state index in [0.29, 0.717) is 22.9 Å². The van der Waals surface area contributed by atoms with E-state index in [0.717, 1.165) is 16.8 Å². The summed E-state index contributed by atoms with van der Waals surface area (Å²) in [6.45, 7) is 0. The molecule has 30 heavy (non-hydrogen) atoms. The van der Waals surface area contributed by atoms with E-state index < -0.39 is 23.1 Å². The quantitative estimate of drug-likeness (QED) is 0.557. The van der Waals surface area contributed by atoms with Crippen molar-refractivity contribution in [2.24, 2.45) is 0 Å². The third kappa shape index (κ3) is 3.39. The maximum Gasteiger partial charge on any atom is 0.279 e. The summed E-state index contributed by atoms with van der Waals surface area (Å²) in [6, 6.07) is 16.0. The maximum atomic E-state index is 14.0. The molecule has 1 aromatic heterocycles. The molecule has 0 unspecified atom stereocenters. The molecule has 0 aliphatic heterocycles. The van der Waals surface area contributed by atoms with Gasteiger partial charge >= 0.3 is 0 Å². The fourth-order valence-electron chi connectivity index (χ4n) is 3.10. The molecule has 0 saturated carbocycles. The van der Waals surface area contributed by atoms with Crippen molar-refractivity contribution in [1.29, 1.82) is 0 Å². The second kappa shape index (κ2) is 7.75. The lowest BCUT2D eigenvalue weighted by molar-refractivity contribution is 0.102. The van der Waals surface area contributed by atoms with Gasteiger partial charge < -0.3 is 10.1 Å². The minimum absolute atomic E-state index is 0.0974. The molecule has 4 aromatic rings. The van der Waals surface area contributed by atoms with Gasteiger partial charge in [0.1, 0.15) is 23.1 Å². The molecular weight excluding hydrogens is 392 g/mol. The summed E-state index contributed by atoms with van der Waals surface area (Å²) in [5.74, 6) is -2.05. The van der Waals surface area contributed by atoms with Gasteiger partial charge in [-0.2, -0.15) is 9.78 Å². The van der Waals surface area contributed by atoms with Crippen LogP contribution in [0.2, 0.25) is 0 Å². The van der Waals surface area contributed by atoms with E-state index in [4.69, 9.17) is 4.74 Å². The molecule has 1 heterocycles. The van der Waals surface area contributed by atoms with E-state index in [-0.39, 0.29) is 16.8 Å². The first kappa shape index (κ1) is 19.3. The molecule has 6 nitrogen and oxygen atoms in total. The highest BCUT2D eigenvalue weighted by molar-refractivity contribution is 6.11. The molecule has 0 atom stereocenters. The minimum Gasteiger partial charge on any atom is -0.494 e. The van der Waals surface area contributed by atoms with Crippen molar-refractivity contribution in [3.63, 3.8) is 0 Å². The van der Waals surface area contributed by atoms with Gasteiger partial charge in [-0.25, -0.2) is 8.78 Å². The fourth-order valence-corrected chi connectivity index (χ4v) is 3.10. The Hall–Kier alpha value is -4.07. The number of anilines is 1. The van der Waals surface area contributed by atoms with E-state index in [1.165, 1.54) is 7.11 Å². The summed E-state index contributed by atoms with van der Waals surface area (Å²) >= 11 is 0. The lowest BCUT2D eigenvalue weighted by Crippen LogP contribution is -2.27. The Morgan fingerprint density at radius 3 is 2.43 bits per heavy atom. The van der Waals surface area contributed by atoms with E-state index in [1.54, 1.807) is 48.5 Å². The number of para-hydroxylation sites is 2. The van der Waals surface area contributed by atoms with Crippen LogP contribution in [0.1, 0.15) is 10.5 Å². The molecule has 4 rings (SSSR count). The summed E-state index contributed by atoms with van der Waals surface area (Å²) in [7, 11) is 1.45. The summed E-state index contributed by atoms with van der Waals surface area (Å²) in [6.07, 6.45) is 0. The number of carbonyl (C=O) groups excluding carboxylic acids is 1. The molecule has 0 radical (unpaired) electrons. The van der Waals surface area contributed by atoms with Gasteiger partial charge in [0.25, 0.3) is 11.5 Å². The van der Waals surface area contributed by atoms with E-state index in [2.05, 4.69) is 10.4 Å². The number of nitrogens with one attached hydrogen (secondary N) is 1. The SMILES string of the molecule is COc1ccccc1-n1nc(C(=O)Nc2ccc(F)cc2F)c2ccccc2c1=O. The average Bonchev–Trinajstić information content (AvgIpc) is 2.76. The van der Waals surface area contributed by atoms with Crippen molar-refractivity contribution in [2.75, 3.05) is 12.4 Å². The second-order valence-corrected chi connectivity index (χ2v) is 6.36. The summed E-state index contributed by atoms with van der Waals surface area (Å²) in [4.78, 5) is 26.0. The topological polar surface area (TPSA) is 73.2 Å². The molecule has 1 amide bonds. The number of fused-ring (bicyclic) bond motifs is 1. The predicted molar refractivity (Wildman–Crippen MR) is 108 cm³/mol. The zero-order valence-corrected chi connectivity index (χ0v) is 15.7. The molecule has 0 aliphatic rings. The number of amides is 1. The monoisotopic (exact) mass is 407 g/mol. The van der Waals surface area contributed by atoms with Crippen molar-refractivity contribution in [3.05, 3.63) is 94.4 Å². The largest absolute Gasteiger partial charge is 0.494 e. The van der Waals surface area contributed by atoms with Crippen molar-refractivity contribution >= 4 is 22.4 Å². The normalized spacial score (nSPS) is 10.8. The van der Waals surface area contributed by atoms with Crippen molar-refractivity contribution < 1.29 is 18.3 Å². The highest BCUT2D eigenvalue weighted by Gasteiger charge is 2.20. The van der Waals surface area contributed by atoms with Crippen LogP contribution in [0.3, 0.4) is 0 Å². The average molecular weight is 407 g/mol. The molecule has 0 bridgehead atoms. The third-order valence-electron chi connectivity index (χ3n) is 4.51. The minimum atomic E-state index is -0.925. The molecule has 8 heteroatoms. The Bertz CT molecular complexity index is 1340. The van der Waals surface area contributed by atoms with Gasteiger partial charge in [0.15, 0.2) is 5.69 Å². The first-order valence-corrected chi connectivity index (χ1v) is 8.91. The van der Waals surface area contributed by atoms with Crippen LogP contribution in [0, 0.1) is 11.6 Å². The highest BCUT2D eigenvalue weighted by atomic mass is 19.1. The van der Waals surface area contributed by atoms with Crippen LogP contribution in [-0.4, -0.2) is 22.8 Å². The van der Waals surface area contributed by atoms with Crippen molar-refractivity contribution in [2.45, 2.75) is 0 Å². The van der Waals surface area contributed by atoms with Gasteiger partial charge in [-0.05, 0) is 30.3 Å². The number of rotatable bonds is 4. The Kier molecular flexibility index (Phi) is 4.97. The van der Waals surface area contributed by atoms with Crippen LogP contribution in [0.5, 0.6) is 5.75 Å². The second-order valence-electron chi connectivity index (χ2n) is 6.36. The van der Waals surface area contributed by atoms with Crippen molar-refractivity contribution in [1.82, 2.24) is 9.78 Å². The molecule has 150 valence electrons. The predicted octanol–water partition coefficient (Wildman–Crippen LogP) is 3.92. The maximum absolute atomic E-state index is 14.0. The van der Waals surface area contributed by atoms with Gasteiger partial charge in [0, 0.05) is 11.5 Å². The number of halogens is 2. The van der Waals surface area contributed by atoms with Gasteiger partial charge in [0.05, 0.1) is 18.2 Å². The van der Waals surface area contributed by atoms with Gasteiger partial charge in [-0.15, -0.1) is 0 Å². The first-order chi connectivity index (χ1) is 14.5. The van der Waals surface area contributed by atoms with Crippen LogP contribution >= 0.6 is 0 Å². The van der Waals surface area contributed by atoms with Crippen LogP contribution in [0.4, 0.5) is 14.5 Å². The van der Waals surface area contributed by atoms with Crippen LogP contribution in [0.15, 0.2) is 71.5 Å². The number of hydrogen-bond donors (Lipinski definition) is 1. The van der Waals surface area contributed by atoms with Crippen LogP contribution < -0.4 is 15.6 Å². The number of benzene rings is 3. The Balaban J connectivity index is 1.90. The number of ether oxygens (including phenoxy) is 1. The van der Waals surface area contributed by atoms with E-state index in [9.17, 15) is 18.4 Å².